The first kappa shape index (κ1) is 37.3. The van der Waals surface area contributed by atoms with Gasteiger partial charge in [-0.25, -0.2) is 0 Å². The molecule has 2 aliphatic rings. The standard InChI is InChI=1S/C32H61NO9/c1-14-24-32(11,38)31(10,37)23(7)33(12)17-18(2)15-29(8,36)21(5)19(3)26(20(4)28(35)41-24)42-25-16-30(9,39-13)27(34)22(6)40-25/h18-27,34,36-38H,14-17H2,1-13H3/t18-,19-,20-,21-,22+,23-,24-,25+,26+,27+,29-,30-,31-,32-/m1/s1. The summed E-state index contributed by atoms with van der Waals surface area (Å²) in [6, 6.07) is -0.487. The maximum absolute atomic E-state index is 13.8. The Morgan fingerprint density at radius 2 is 1.55 bits per heavy atom. The Hall–Kier alpha value is -0.850. The van der Waals surface area contributed by atoms with Crippen LogP contribution in [0.1, 0.15) is 95.4 Å². The van der Waals surface area contributed by atoms with Crippen molar-refractivity contribution in [3.05, 3.63) is 0 Å². The SMILES string of the molecule is CC[C@H]1OC(=O)[C@H](C)[C@@H](O[C@H]2C[C@@](C)(OC)[C@@H](O)[C@H](C)O2)[C@H](C)[C@@H](C)[C@](C)(O)C[C@@H](C)CN(C)[C@H](C)[C@@](C)(O)[C@]1(C)O. The number of nitrogens with zero attached hydrogens (tertiary/aromatic N) is 1. The summed E-state index contributed by atoms with van der Waals surface area (Å²) in [6.45, 7) is 20.4. The predicted octanol–water partition coefficient (Wildman–Crippen LogP) is 3.12. The Morgan fingerprint density at radius 3 is 2.07 bits per heavy atom. The van der Waals surface area contributed by atoms with Gasteiger partial charge in [0.15, 0.2) is 6.29 Å². The Morgan fingerprint density at radius 1 is 0.976 bits per heavy atom. The summed E-state index contributed by atoms with van der Waals surface area (Å²) in [7, 11) is 3.43. The number of carbonyl (C=O) groups is 1. The number of cyclic esters (lactones) is 1. The second-order valence-corrected chi connectivity index (χ2v) is 14.4. The van der Waals surface area contributed by atoms with Crippen molar-refractivity contribution in [2.45, 2.75) is 155 Å². The summed E-state index contributed by atoms with van der Waals surface area (Å²) in [5.74, 6) is -1.95. The van der Waals surface area contributed by atoms with Gasteiger partial charge in [-0.05, 0) is 86.1 Å². The number of ether oxygens (including phenoxy) is 4. The number of esters is 1. The van der Waals surface area contributed by atoms with Crippen LogP contribution in [0.4, 0.5) is 0 Å². The Balaban J connectivity index is 2.58. The lowest BCUT2D eigenvalue weighted by atomic mass is 9.72. The molecule has 248 valence electrons. The van der Waals surface area contributed by atoms with E-state index in [0.717, 1.165) is 0 Å². The third-order valence-corrected chi connectivity index (χ3v) is 11.1. The van der Waals surface area contributed by atoms with Gasteiger partial charge >= 0.3 is 5.97 Å². The molecular weight excluding hydrogens is 542 g/mol. The van der Waals surface area contributed by atoms with Crippen molar-refractivity contribution in [3.63, 3.8) is 0 Å². The molecule has 42 heavy (non-hydrogen) atoms. The van der Waals surface area contributed by atoms with E-state index in [1.165, 1.54) is 14.0 Å². The fraction of sp³-hybridized carbons (Fsp3) is 0.969. The van der Waals surface area contributed by atoms with Crippen molar-refractivity contribution in [1.29, 1.82) is 0 Å². The highest BCUT2D eigenvalue weighted by Gasteiger charge is 2.54. The molecule has 10 nitrogen and oxygen atoms in total. The van der Waals surface area contributed by atoms with E-state index >= 15 is 0 Å². The molecule has 2 heterocycles. The van der Waals surface area contributed by atoms with Crippen LogP contribution < -0.4 is 0 Å². The van der Waals surface area contributed by atoms with Gasteiger partial charge in [-0.15, -0.1) is 0 Å². The zero-order valence-electron chi connectivity index (χ0n) is 28.4. The lowest BCUT2D eigenvalue weighted by Crippen LogP contribution is -2.66. The molecule has 0 aromatic carbocycles. The molecule has 14 atom stereocenters. The van der Waals surface area contributed by atoms with E-state index in [0.29, 0.717) is 13.0 Å². The molecule has 0 bridgehead atoms. The fourth-order valence-electron chi connectivity index (χ4n) is 7.08. The number of rotatable bonds is 4. The van der Waals surface area contributed by atoms with Gasteiger partial charge in [-0.1, -0.05) is 27.7 Å². The highest BCUT2D eigenvalue weighted by molar-refractivity contribution is 5.73. The first-order valence-corrected chi connectivity index (χ1v) is 15.7. The van der Waals surface area contributed by atoms with Crippen LogP contribution in [0.3, 0.4) is 0 Å². The molecule has 0 spiro atoms. The normalized spacial score (nSPS) is 50.9. The fourth-order valence-corrected chi connectivity index (χ4v) is 7.08. The summed E-state index contributed by atoms with van der Waals surface area (Å²) in [4.78, 5) is 15.8. The summed E-state index contributed by atoms with van der Waals surface area (Å²) in [6.07, 6.45) is -2.95. The van der Waals surface area contributed by atoms with Crippen LogP contribution >= 0.6 is 0 Å². The van der Waals surface area contributed by atoms with Gasteiger partial charge in [0, 0.05) is 26.1 Å². The maximum atomic E-state index is 13.8. The van der Waals surface area contributed by atoms with Crippen LogP contribution in [0.15, 0.2) is 0 Å². The Bertz CT molecular complexity index is 895. The molecule has 4 N–H and O–H groups in total. The van der Waals surface area contributed by atoms with E-state index in [2.05, 4.69) is 6.92 Å². The molecule has 0 aromatic rings. The number of likely N-dealkylation sites (N-methyl/N-ethyl adjacent to an activating group) is 1. The van der Waals surface area contributed by atoms with Crippen molar-refractivity contribution in [1.82, 2.24) is 4.90 Å². The average molecular weight is 604 g/mol. The lowest BCUT2D eigenvalue weighted by molar-refractivity contribution is -0.298. The van der Waals surface area contributed by atoms with Gasteiger partial charge in [-0.3, -0.25) is 4.79 Å². The molecule has 0 amide bonds. The van der Waals surface area contributed by atoms with Gasteiger partial charge in [-0.2, -0.15) is 0 Å². The number of hydrogen-bond donors (Lipinski definition) is 4. The highest BCUT2D eigenvalue weighted by Crippen LogP contribution is 2.40. The lowest BCUT2D eigenvalue weighted by Gasteiger charge is -2.49. The number of aliphatic hydroxyl groups is 4. The summed E-state index contributed by atoms with van der Waals surface area (Å²) < 4.78 is 24.3. The van der Waals surface area contributed by atoms with E-state index in [-0.39, 0.29) is 30.6 Å². The van der Waals surface area contributed by atoms with E-state index in [4.69, 9.17) is 18.9 Å². The summed E-state index contributed by atoms with van der Waals surface area (Å²) in [5, 5.41) is 45.9. The largest absolute Gasteiger partial charge is 0.459 e. The van der Waals surface area contributed by atoms with Gasteiger partial charge in [0.1, 0.15) is 23.4 Å². The molecule has 2 fully saturated rings. The second kappa shape index (κ2) is 13.6. The van der Waals surface area contributed by atoms with Gasteiger partial charge < -0.3 is 44.3 Å². The number of aliphatic hydroxyl groups excluding tert-OH is 1. The second-order valence-electron chi connectivity index (χ2n) is 14.4. The molecule has 0 aromatic heterocycles. The smallest absolute Gasteiger partial charge is 0.311 e. The molecule has 0 unspecified atom stereocenters. The zero-order valence-corrected chi connectivity index (χ0v) is 28.4. The Labute approximate surface area is 254 Å². The van der Waals surface area contributed by atoms with Crippen LogP contribution in [0.5, 0.6) is 0 Å². The zero-order chi connectivity index (χ0) is 32.6. The molecule has 2 saturated heterocycles. The van der Waals surface area contributed by atoms with Crippen LogP contribution in [0.25, 0.3) is 0 Å². The molecule has 2 rings (SSSR count). The molecule has 0 radical (unpaired) electrons. The van der Waals surface area contributed by atoms with Crippen molar-refractivity contribution in [2.24, 2.45) is 23.7 Å². The highest BCUT2D eigenvalue weighted by atomic mass is 16.7. The number of hydrogen-bond acceptors (Lipinski definition) is 10. The van der Waals surface area contributed by atoms with Crippen LogP contribution in [0, 0.1) is 23.7 Å². The third kappa shape index (κ3) is 7.50. The van der Waals surface area contributed by atoms with Crippen molar-refractivity contribution in [2.75, 3.05) is 20.7 Å². The molecule has 0 saturated carbocycles. The van der Waals surface area contributed by atoms with Gasteiger partial charge in [0.05, 0.1) is 29.3 Å². The van der Waals surface area contributed by atoms with Crippen molar-refractivity contribution < 1.29 is 44.2 Å². The molecular formula is C32H61NO9. The molecule has 10 heteroatoms. The van der Waals surface area contributed by atoms with E-state index < -0.39 is 71.0 Å². The van der Waals surface area contributed by atoms with Gasteiger partial charge in [0.25, 0.3) is 0 Å². The molecule has 2 aliphatic heterocycles. The van der Waals surface area contributed by atoms with Crippen LogP contribution in [-0.4, -0.2) is 111 Å². The average Bonchev–Trinajstić information content (AvgIpc) is 2.90. The summed E-state index contributed by atoms with van der Waals surface area (Å²) >= 11 is 0. The first-order valence-electron chi connectivity index (χ1n) is 15.7. The minimum atomic E-state index is -1.77. The van der Waals surface area contributed by atoms with Crippen LogP contribution in [-0.2, 0) is 23.7 Å². The van der Waals surface area contributed by atoms with Crippen molar-refractivity contribution in [3.8, 4) is 0 Å². The Kier molecular flexibility index (Phi) is 12.1. The topological polar surface area (TPSA) is 138 Å². The number of methoxy groups -OCH3 is 1. The van der Waals surface area contributed by atoms with Crippen LogP contribution in [0.2, 0.25) is 0 Å². The van der Waals surface area contributed by atoms with E-state index in [9.17, 15) is 25.2 Å². The van der Waals surface area contributed by atoms with E-state index in [1.807, 2.05) is 46.6 Å². The molecule has 0 aliphatic carbocycles. The number of carbonyl (C=O) groups excluding carboxylic acids is 1. The van der Waals surface area contributed by atoms with E-state index in [1.54, 1.807) is 27.7 Å². The predicted molar refractivity (Wildman–Crippen MR) is 161 cm³/mol. The third-order valence-electron chi connectivity index (χ3n) is 11.1. The van der Waals surface area contributed by atoms with Crippen molar-refractivity contribution >= 4 is 5.97 Å². The first-order chi connectivity index (χ1) is 19.1. The minimum Gasteiger partial charge on any atom is -0.459 e. The minimum absolute atomic E-state index is 0.0519. The monoisotopic (exact) mass is 603 g/mol. The summed E-state index contributed by atoms with van der Waals surface area (Å²) in [5.41, 5.74) is -5.43. The van der Waals surface area contributed by atoms with Gasteiger partial charge in [0.2, 0.25) is 0 Å². The maximum Gasteiger partial charge on any atom is 0.311 e. The quantitative estimate of drug-likeness (QED) is 0.355.